The van der Waals surface area contributed by atoms with E-state index < -0.39 is 28.5 Å². The fraction of sp³-hybridized carbons (Fsp3) is 0.278. The normalized spacial score (nSPS) is 11.8. The predicted molar refractivity (Wildman–Crippen MR) is 182 cm³/mol. The van der Waals surface area contributed by atoms with E-state index in [1.54, 1.807) is 73.7 Å². The summed E-state index contributed by atoms with van der Waals surface area (Å²) in [6.07, 6.45) is 1.91. The number of sulfonamides is 1. The first-order chi connectivity index (χ1) is 22.2. The van der Waals surface area contributed by atoms with E-state index in [0.29, 0.717) is 23.9 Å². The maximum Gasteiger partial charge on any atom is 0.264 e. The van der Waals surface area contributed by atoms with Gasteiger partial charge in [-0.1, -0.05) is 97.7 Å². The lowest BCUT2D eigenvalue weighted by molar-refractivity contribution is -0.140. The molecule has 4 aromatic rings. The molecule has 0 saturated heterocycles. The van der Waals surface area contributed by atoms with Gasteiger partial charge < -0.3 is 15.0 Å². The van der Waals surface area contributed by atoms with Crippen molar-refractivity contribution in [3.63, 3.8) is 0 Å². The van der Waals surface area contributed by atoms with Crippen LogP contribution in [-0.4, -0.2) is 50.9 Å². The summed E-state index contributed by atoms with van der Waals surface area (Å²) in [5.74, 6) is -0.543. The zero-order valence-corrected chi connectivity index (χ0v) is 27.7. The number of halogens is 1. The number of nitrogens with one attached hydrogen (secondary N) is 1. The van der Waals surface area contributed by atoms with E-state index in [4.69, 9.17) is 16.3 Å². The van der Waals surface area contributed by atoms with Gasteiger partial charge in [-0.25, -0.2) is 8.42 Å². The molecule has 0 fully saturated rings. The number of unbranched alkanes of at least 4 members (excludes halogenated alkanes) is 1. The molecule has 1 unspecified atom stereocenters. The van der Waals surface area contributed by atoms with Crippen LogP contribution in [0.1, 0.15) is 37.8 Å². The van der Waals surface area contributed by atoms with Gasteiger partial charge in [0.1, 0.15) is 18.3 Å². The van der Waals surface area contributed by atoms with E-state index in [0.717, 1.165) is 28.3 Å². The number of nitrogens with zero attached hydrogens (tertiary/aromatic N) is 2. The zero-order valence-electron chi connectivity index (χ0n) is 26.1. The lowest BCUT2D eigenvalue weighted by Gasteiger charge is -2.34. The van der Waals surface area contributed by atoms with Gasteiger partial charge >= 0.3 is 0 Å². The summed E-state index contributed by atoms with van der Waals surface area (Å²) < 4.78 is 35.3. The highest BCUT2D eigenvalue weighted by Gasteiger charge is 2.35. The Morgan fingerprint density at radius 1 is 0.826 bits per heavy atom. The summed E-state index contributed by atoms with van der Waals surface area (Å²) in [5.41, 5.74) is 1.83. The minimum Gasteiger partial charge on any atom is -0.492 e. The van der Waals surface area contributed by atoms with Crippen LogP contribution >= 0.6 is 11.6 Å². The highest BCUT2D eigenvalue weighted by atomic mass is 35.5. The van der Waals surface area contributed by atoms with Gasteiger partial charge in [-0.05, 0) is 60.9 Å². The van der Waals surface area contributed by atoms with Crippen molar-refractivity contribution in [1.29, 1.82) is 0 Å². The van der Waals surface area contributed by atoms with Crippen molar-refractivity contribution in [3.8, 4) is 5.75 Å². The van der Waals surface area contributed by atoms with Gasteiger partial charge in [0.25, 0.3) is 10.0 Å². The van der Waals surface area contributed by atoms with Crippen LogP contribution in [0.5, 0.6) is 5.75 Å². The molecule has 4 rings (SSSR count). The molecular formula is C36H40ClN3O5S. The minimum atomic E-state index is -4.24. The molecule has 0 heterocycles. The van der Waals surface area contributed by atoms with Crippen LogP contribution in [0, 0.1) is 0 Å². The minimum absolute atomic E-state index is 0.0245. The van der Waals surface area contributed by atoms with Crippen molar-refractivity contribution in [2.24, 2.45) is 0 Å². The smallest absolute Gasteiger partial charge is 0.264 e. The SMILES string of the molecule is CCCCNC(=O)C(Cc1ccccc1)N(Cc1ccc(Cl)cc1)C(=O)CN(c1ccccc1OCC)S(=O)(=O)c1ccccc1. The number of rotatable bonds is 16. The Morgan fingerprint density at radius 2 is 1.46 bits per heavy atom. The van der Waals surface area contributed by atoms with E-state index in [-0.39, 0.29) is 29.5 Å². The molecule has 2 amide bonds. The Kier molecular flexibility index (Phi) is 12.6. The second-order valence-corrected chi connectivity index (χ2v) is 13.0. The van der Waals surface area contributed by atoms with Gasteiger partial charge in [0.05, 0.1) is 17.2 Å². The first-order valence-corrected chi connectivity index (χ1v) is 17.2. The summed E-state index contributed by atoms with van der Waals surface area (Å²) in [7, 11) is -4.24. The van der Waals surface area contributed by atoms with E-state index >= 15 is 0 Å². The molecule has 1 N–H and O–H groups in total. The Bertz CT molecular complexity index is 1670. The fourth-order valence-electron chi connectivity index (χ4n) is 5.02. The number of hydrogen-bond donors (Lipinski definition) is 1. The largest absolute Gasteiger partial charge is 0.492 e. The third kappa shape index (κ3) is 9.11. The number of carbonyl (C=O) groups excluding carboxylic acids is 2. The standard InChI is InChI=1S/C36H40ClN3O5S/c1-3-5-24-38-36(42)33(25-28-14-8-6-9-15-28)39(26-29-20-22-30(37)23-21-29)35(41)27-40(32-18-12-13-19-34(32)45-4-2)46(43,44)31-16-10-7-11-17-31/h6-23,33H,3-5,24-27H2,1-2H3,(H,38,42). The molecule has 242 valence electrons. The first-order valence-electron chi connectivity index (χ1n) is 15.4. The van der Waals surface area contributed by atoms with Crippen molar-refractivity contribution < 1.29 is 22.7 Å². The quantitative estimate of drug-likeness (QED) is 0.139. The Labute approximate surface area is 277 Å². The molecule has 4 aromatic carbocycles. The van der Waals surface area contributed by atoms with E-state index in [1.165, 1.54) is 17.0 Å². The summed E-state index contributed by atoms with van der Waals surface area (Å²) in [5, 5.41) is 3.53. The second-order valence-electron chi connectivity index (χ2n) is 10.7. The molecular weight excluding hydrogens is 622 g/mol. The van der Waals surface area contributed by atoms with E-state index in [1.807, 2.05) is 37.3 Å². The first kappa shape index (κ1) is 34.5. The van der Waals surface area contributed by atoms with Crippen LogP contribution in [0.4, 0.5) is 5.69 Å². The molecule has 46 heavy (non-hydrogen) atoms. The van der Waals surface area contributed by atoms with E-state index in [2.05, 4.69) is 5.32 Å². The van der Waals surface area contributed by atoms with Crippen LogP contribution in [0.25, 0.3) is 0 Å². The van der Waals surface area contributed by atoms with Gasteiger partial charge in [0.15, 0.2) is 0 Å². The summed E-state index contributed by atoms with van der Waals surface area (Å²) >= 11 is 6.16. The van der Waals surface area contributed by atoms with Crippen molar-refractivity contribution >= 4 is 39.1 Å². The van der Waals surface area contributed by atoms with Gasteiger partial charge in [-0.2, -0.15) is 0 Å². The monoisotopic (exact) mass is 661 g/mol. The van der Waals surface area contributed by atoms with E-state index in [9.17, 15) is 18.0 Å². The molecule has 0 saturated carbocycles. The molecule has 0 radical (unpaired) electrons. The molecule has 0 aliphatic carbocycles. The summed E-state index contributed by atoms with van der Waals surface area (Å²) in [6.45, 7) is 4.08. The van der Waals surface area contributed by atoms with Crippen LogP contribution in [0.2, 0.25) is 5.02 Å². The molecule has 0 bridgehead atoms. The van der Waals surface area contributed by atoms with Crippen LogP contribution in [0.3, 0.4) is 0 Å². The van der Waals surface area contributed by atoms with Crippen LogP contribution in [-0.2, 0) is 32.6 Å². The maximum absolute atomic E-state index is 14.6. The molecule has 0 aliphatic heterocycles. The Morgan fingerprint density at radius 3 is 2.11 bits per heavy atom. The van der Waals surface area contributed by atoms with Crippen LogP contribution in [0.15, 0.2) is 114 Å². The van der Waals surface area contributed by atoms with Gasteiger partial charge in [0, 0.05) is 24.5 Å². The third-order valence-electron chi connectivity index (χ3n) is 7.41. The highest BCUT2D eigenvalue weighted by Crippen LogP contribution is 2.33. The average molecular weight is 662 g/mol. The number of benzene rings is 4. The van der Waals surface area contributed by atoms with Gasteiger partial charge in [-0.3, -0.25) is 13.9 Å². The van der Waals surface area contributed by atoms with Gasteiger partial charge in [-0.15, -0.1) is 0 Å². The molecule has 1 atom stereocenters. The lowest BCUT2D eigenvalue weighted by Crippen LogP contribution is -2.53. The molecule has 8 nitrogen and oxygen atoms in total. The number of para-hydroxylation sites is 2. The van der Waals surface area contributed by atoms with Crippen LogP contribution < -0.4 is 14.4 Å². The fourth-order valence-corrected chi connectivity index (χ4v) is 6.59. The topological polar surface area (TPSA) is 96.0 Å². The molecule has 0 spiro atoms. The number of ether oxygens (including phenoxy) is 1. The van der Waals surface area contributed by atoms with Gasteiger partial charge in [0.2, 0.25) is 11.8 Å². The number of hydrogen-bond acceptors (Lipinski definition) is 5. The molecule has 10 heteroatoms. The Balaban J connectivity index is 1.81. The maximum atomic E-state index is 14.6. The van der Waals surface area contributed by atoms with Crippen molar-refractivity contribution in [3.05, 3.63) is 125 Å². The summed E-state index contributed by atoms with van der Waals surface area (Å²) in [6, 6.07) is 30.2. The lowest BCUT2D eigenvalue weighted by atomic mass is 10.0. The number of anilines is 1. The van der Waals surface area contributed by atoms with Crippen molar-refractivity contribution in [2.75, 3.05) is 24.0 Å². The third-order valence-corrected chi connectivity index (χ3v) is 9.44. The molecule has 0 aliphatic rings. The number of amides is 2. The highest BCUT2D eigenvalue weighted by molar-refractivity contribution is 7.92. The Hall–Kier alpha value is -4.34. The second kappa shape index (κ2) is 16.8. The number of carbonyl (C=O) groups is 2. The summed E-state index contributed by atoms with van der Waals surface area (Å²) in [4.78, 5) is 29.9. The molecule has 0 aromatic heterocycles. The van der Waals surface area contributed by atoms with Crippen molar-refractivity contribution in [1.82, 2.24) is 10.2 Å². The average Bonchev–Trinajstić information content (AvgIpc) is 3.07. The zero-order chi connectivity index (χ0) is 32.9. The predicted octanol–water partition coefficient (Wildman–Crippen LogP) is 6.49. The van der Waals surface area contributed by atoms with Crippen molar-refractivity contribution in [2.45, 2.75) is 50.6 Å².